The average Bonchev–Trinajstić information content (AvgIpc) is 3.12. The van der Waals surface area contributed by atoms with Crippen molar-refractivity contribution in [2.45, 2.75) is 44.7 Å². The summed E-state index contributed by atoms with van der Waals surface area (Å²) in [4.78, 5) is 12.3. The van der Waals surface area contributed by atoms with Crippen molar-refractivity contribution in [3.05, 3.63) is 5.28 Å². The molecular weight excluding hydrogens is 250 g/mol. The van der Waals surface area contributed by atoms with E-state index in [1.807, 2.05) is 13.8 Å². The summed E-state index contributed by atoms with van der Waals surface area (Å²) in [5, 5.41) is 6.45. The molecule has 18 heavy (non-hydrogen) atoms. The third-order valence-electron chi connectivity index (χ3n) is 2.93. The normalized spacial score (nSPS) is 17.7. The van der Waals surface area contributed by atoms with E-state index in [1.54, 1.807) is 0 Å². The van der Waals surface area contributed by atoms with E-state index < -0.39 is 5.54 Å². The van der Waals surface area contributed by atoms with Crippen LogP contribution in [0, 0.1) is 12.3 Å². The molecule has 5 nitrogen and oxygen atoms in total. The Balaban J connectivity index is 2.16. The highest BCUT2D eigenvalue weighted by Gasteiger charge is 2.24. The lowest BCUT2D eigenvalue weighted by molar-refractivity contribution is 0.627. The van der Waals surface area contributed by atoms with E-state index in [-0.39, 0.29) is 5.28 Å². The van der Waals surface area contributed by atoms with E-state index in [0.29, 0.717) is 17.9 Å². The molecule has 0 bridgehead atoms. The second-order valence-electron chi connectivity index (χ2n) is 4.63. The first-order chi connectivity index (χ1) is 8.54. The number of rotatable bonds is 5. The monoisotopic (exact) mass is 265 g/mol. The number of anilines is 2. The molecular formula is C12H16ClN5. The van der Waals surface area contributed by atoms with Crippen molar-refractivity contribution in [3.63, 3.8) is 0 Å². The van der Waals surface area contributed by atoms with Crippen LogP contribution in [0.1, 0.15) is 33.1 Å². The standard InChI is InChI=1S/C12H16ClN5/c1-4-12(3,5-2)18-11-16-9(13)15-10(17-11)14-8-6-7-8/h1,8H,5-7H2,2-3H3,(H2,14,15,16,17,18). The topological polar surface area (TPSA) is 62.7 Å². The Kier molecular flexibility index (Phi) is 3.58. The Labute approximate surface area is 112 Å². The SMILES string of the molecule is C#CC(C)(CC)Nc1nc(Cl)nc(NC2CC2)n1. The Morgan fingerprint density at radius 2 is 2.06 bits per heavy atom. The predicted molar refractivity (Wildman–Crippen MR) is 72.6 cm³/mol. The zero-order valence-corrected chi connectivity index (χ0v) is 11.3. The highest BCUT2D eigenvalue weighted by Crippen LogP contribution is 2.24. The molecule has 1 aliphatic carbocycles. The Morgan fingerprint density at radius 3 is 2.61 bits per heavy atom. The minimum absolute atomic E-state index is 0.158. The number of aromatic nitrogens is 3. The molecule has 1 heterocycles. The molecule has 0 amide bonds. The van der Waals surface area contributed by atoms with Gasteiger partial charge in [-0.25, -0.2) is 0 Å². The third kappa shape index (κ3) is 3.23. The second-order valence-corrected chi connectivity index (χ2v) is 4.96. The Bertz CT molecular complexity index is 480. The van der Waals surface area contributed by atoms with Crippen LogP contribution in [0.4, 0.5) is 11.9 Å². The highest BCUT2D eigenvalue weighted by molar-refractivity contribution is 6.28. The molecule has 2 rings (SSSR count). The summed E-state index contributed by atoms with van der Waals surface area (Å²) in [5.74, 6) is 3.59. The number of hydrogen-bond acceptors (Lipinski definition) is 5. The maximum absolute atomic E-state index is 5.88. The maximum atomic E-state index is 5.88. The average molecular weight is 266 g/mol. The summed E-state index contributed by atoms with van der Waals surface area (Å²) >= 11 is 5.88. The molecule has 6 heteroatoms. The first-order valence-corrected chi connectivity index (χ1v) is 6.36. The predicted octanol–water partition coefficient (Wildman–Crippen LogP) is 2.31. The van der Waals surface area contributed by atoms with Crippen molar-refractivity contribution in [3.8, 4) is 12.3 Å². The summed E-state index contributed by atoms with van der Waals surface area (Å²) < 4.78 is 0. The Hall–Kier alpha value is -1.54. The zero-order valence-electron chi connectivity index (χ0n) is 10.5. The van der Waals surface area contributed by atoms with Crippen LogP contribution in [-0.4, -0.2) is 26.5 Å². The third-order valence-corrected chi connectivity index (χ3v) is 3.10. The molecule has 0 spiro atoms. The van der Waals surface area contributed by atoms with Gasteiger partial charge in [0.1, 0.15) is 0 Å². The number of halogens is 1. The molecule has 0 saturated heterocycles. The lowest BCUT2D eigenvalue weighted by Crippen LogP contribution is -2.33. The number of nitrogens with zero attached hydrogens (tertiary/aromatic N) is 3. The van der Waals surface area contributed by atoms with E-state index in [2.05, 4.69) is 31.5 Å². The van der Waals surface area contributed by atoms with Gasteiger partial charge in [0.25, 0.3) is 0 Å². The van der Waals surface area contributed by atoms with Crippen LogP contribution in [0.5, 0.6) is 0 Å². The van der Waals surface area contributed by atoms with Gasteiger partial charge in [0, 0.05) is 6.04 Å². The van der Waals surface area contributed by atoms with Crippen LogP contribution in [0.15, 0.2) is 0 Å². The number of terminal acetylenes is 1. The van der Waals surface area contributed by atoms with Crippen LogP contribution in [-0.2, 0) is 0 Å². The van der Waals surface area contributed by atoms with Crippen molar-refractivity contribution in [2.24, 2.45) is 0 Å². The molecule has 1 saturated carbocycles. The van der Waals surface area contributed by atoms with Gasteiger partial charge in [-0.3, -0.25) is 0 Å². The molecule has 2 N–H and O–H groups in total. The van der Waals surface area contributed by atoms with E-state index in [0.717, 1.165) is 19.3 Å². The molecule has 1 atom stereocenters. The molecule has 1 aromatic rings. The molecule has 1 unspecified atom stereocenters. The van der Waals surface area contributed by atoms with Crippen molar-refractivity contribution < 1.29 is 0 Å². The molecule has 1 aliphatic rings. The molecule has 0 aliphatic heterocycles. The van der Waals surface area contributed by atoms with Gasteiger partial charge in [-0.1, -0.05) is 12.8 Å². The lowest BCUT2D eigenvalue weighted by atomic mass is 10.0. The van der Waals surface area contributed by atoms with Gasteiger partial charge in [0.15, 0.2) is 0 Å². The molecule has 96 valence electrons. The molecule has 0 radical (unpaired) electrons. The van der Waals surface area contributed by atoms with E-state index in [9.17, 15) is 0 Å². The summed E-state index contributed by atoms with van der Waals surface area (Å²) in [6.07, 6.45) is 8.55. The van der Waals surface area contributed by atoms with Crippen LogP contribution >= 0.6 is 11.6 Å². The van der Waals surface area contributed by atoms with Crippen molar-refractivity contribution in [1.82, 2.24) is 15.0 Å². The summed E-state index contributed by atoms with van der Waals surface area (Å²) in [6.45, 7) is 3.91. The zero-order chi connectivity index (χ0) is 13.2. The van der Waals surface area contributed by atoms with Gasteiger partial charge >= 0.3 is 0 Å². The van der Waals surface area contributed by atoms with Crippen LogP contribution in [0.25, 0.3) is 0 Å². The first-order valence-electron chi connectivity index (χ1n) is 5.99. The van der Waals surface area contributed by atoms with Crippen molar-refractivity contribution in [1.29, 1.82) is 0 Å². The van der Waals surface area contributed by atoms with Gasteiger partial charge in [-0.2, -0.15) is 15.0 Å². The smallest absolute Gasteiger partial charge is 0.229 e. The maximum Gasteiger partial charge on any atom is 0.229 e. The van der Waals surface area contributed by atoms with Crippen molar-refractivity contribution >= 4 is 23.5 Å². The second kappa shape index (κ2) is 4.99. The largest absolute Gasteiger partial charge is 0.351 e. The summed E-state index contributed by atoms with van der Waals surface area (Å²) in [6, 6.07) is 0.460. The van der Waals surface area contributed by atoms with Gasteiger partial charge in [0.05, 0.1) is 5.54 Å². The van der Waals surface area contributed by atoms with Gasteiger partial charge in [-0.05, 0) is 37.8 Å². The molecule has 1 fully saturated rings. The lowest BCUT2D eigenvalue weighted by Gasteiger charge is -2.23. The summed E-state index contributed by atoms with van der Waals surface area (Å²) in [7, 11) is 0. The highest BCUT2D eigenvalue weighted by atomic mass is 35.5. The minimum atomic E-state index is -0.485. The Morgan fingerprint density at radius 1 is 1.39 bits per heavy atom. The van der Waals surface area contributed by atoms with E-state index in [1.165, 1.54) is 0 Å². The fraction of sp³-hybridized carbons (Fsp3) is 0.583. The van der Waals surface area contributed by atoms with E-state index in [4.69, 9.17) is 18.0 Å². The van der Waals surface area contributed by atoms with Crippen LogP contribution in [0.2, 0.25) is 5.28 Å². The number of nitrogens with one attached hydrogen (secondary N) is 2. The van der Waals surface area contributed by atoms with Gasteiger partial charge < -0.3 is 10.6 Å². The van der Waals surface area contributed by atoms with Gasteiger partial charge in [0.2, 0.25) is 17.2 Å². The van der Waals surface area contributed by atoms with Crippen LogP contribution in [0.3, 0.4) is 0 Å². The molecule has 1 aromatic heterocycles. The van der Waals surface area contributed by atoms with Gasteiger partial charge in [-0.15, -0.1) is 6.42 Å². The summed E-state index contributed by atoms with van der Waals surface area (Å²) in [5.41, 5.74) is -0.485. The first kappa shape index (κ1) is 12.9. The quantitative estimate of drug-likeness (QED) is 0.800. The van der Waals surface area contributed by atoms with Crippen molar-refractivity contribution in [2.75, 3.05) is 10.6 Å². The minimum Gasteiger partial charge on any atom is -0.351 e. The van der Waals surface area contributed by atoms with Crippen LogP contribution < -0.4 is 10.6 Å². The van der Waals surface area contributed by atoms with E-state index >= 15 is 0 Å². The number of hydrogen-bond donors (Lipinski definition) is 2. The molecule has 0 aromatic carbocycles. The fourth-order valence-electron chi connectivity index (χ4n) is 1.35. The fourth-order valence-corrected chi connectivity index (χ4v) is 1.51.